The van der Waals surface area contributed by atoms with Crippen LogP contribution in [-0.2, 0) is 11.3 Å². The lowest BCUT2D eigenvalue weighted by molar-refractivity contribution is -0.124. The molecule has 0 fully saturated rings. The second-order valence-corrected chi connectivity index (χ2v) is 7.23. The van der Waals surface area contributed by atoms with Crippen molar-refractivity contribution in [2.75, 3.05) is 7.11 Å². The van der Waals surface area contributed by atoms with Gasteiger partial charge in [0.05, 0.1) is 35.9 Å². The number of benzene rings is 2. The molecule has 0 aliphatic rings. The lowest BCUT2D eigenvalue weighted by Crippen LogP contribution is -2.43. The van der Waals surface area contributed by atoms with E-state index in [1.54, 1.807) is 73.8 Å². The highest BCUT2D eigenvalue weighted by Gasteiger charge is 2.22. The van der Waals surface area contributed by atoms with Gasteiger partial charge >= 0.3 is 5.69 Å². The molecule has 2 heterocycles. The molecule has 0 bridgehead atoms. The van der Waals surface area contributed by atoms with Gasteiger partial charge in [-0.15, -0.1) is 0 Å². The third-order valence-electron chi connectivity index (χ3n) is 5.24. The maximum Gasteiger partial charge on any atom is 0.336 e. The summed E-state index contributed by atoms with van der Waals surface area (Å²) in [5.74, 6) is 0.147. The molecule has 2 aromatic heterocycles. The Labute approximate surface area is 183 Å². The Hall–Kier alpha value is -4.20. The fourth-order valence-electron chi connectivity index (χ4n) is 3.58. The van der Waals surface area contributed by atoms with Crippen LogP contribution in [0.1, 0.15) is 18.7 Å². The standard InChI is InChI=1S/C24H22N4O4/c1-16(22(29)26-15-17-8-5-6-13-25-17)27-21-12-4-3-11-20(21)23(30)28(24(27)31)18-9-7-10-19(14-18)32-2/h3-14,16H,15H2,1-2H3,(H,26,29). The van der Waals surface area contributed by atoms with Crippen LogP contribution in [0.15, 0.2) is 82.5 Å². The monoisotopic (exact) mass is 430 g/mol. The highest BCUT2D eigenvalue weighted by molar-refractivity contribution is 5.84. The quantitative estimate of drug-likeness (QED) is 0.507. The van der Waals surface area contributed by atoms with Crippen LogP contribution >= 0.6 is 0 Å². The Morgan fingerprint density at radius 3 is 2.59 bits per heavy atom. The molecule has 1 unspecified atom stereocenters. The van der Waals surface area contributed by atoms with E-state index in [4.69, 9.17) is 4.74 Å². The third-order valence-corrected chi connectivity index (χ3v) is 5.24. The summed E-state index contributed by atoms with van der Waals surface area (Å²) in [5.41, 5.74) is 0.382. The fraction of sp³-hybridized carbons (Fsp3) is 0.167. The summed E-state index contributed by atoms with van der Waals surface area (Å²) < 4.78 is 7.64. The molecular weight excluding hydrogens is 408 g/mol. The highest BCUT2D eigenvalue weighted by atomic mass is 16.5. The molecule has 8 heteroatoms. The Kier molecular flexibility index (Phi) is 5.85. The Balaban J connectivity index is 1.82. The molecule has 0 radical (unpaired) electrons. The Morgan fingerprint density at radius 2 is 1.84 bits per heavy atom. The van der Waals surface area contributed by atoms with Gasteiger partial charge in [0.25, 0.3) is 5.56 Å². The Morgan fingerprint density at radius 1 is 1.06 bits per heavy atom. The van der Waals surface area contributed by atoms with Gasteiger partial charge in [0.1, 0.15) is 11.8 Å². The van der Waals surface area contributed by atoms with Crippen molar-refractivity contribution in [2.45, 2.75) is 19.5 Å². The number of nitrogens with one attached hydrogen (secondary N) is 1. The summed E-state index contributed by atoms with van der Waals surface area (Å²) in [7, 11) is 1.51. The van der Waals surface area contributed by atoms with E-state index in [-0.39, 0.29) is 12.5 Å². The smallest absolute Gasteiger partial charge is 0.336 e. The van der Waals surface area contributed by atoms with Gasteiger partial charge in [-0.25, -0.2) is 9.36 Å². The van der Waals surface area contributed by atoms with E-state index in [1.807, 2.05) is 6.07 Å². The molecule has 2 aromatic carbocycles. The number of nitrogens with zero attached hydrogens (tertiary/aromatic N) is 3. The van der Waals surface area contributed by atoms with Crippen molar-refractivity contribution < 1.29 is 9.53 Å². The van der Waals surface area contributed by atoms with Gasteiger partial charge in [-0.1, -0.05) is 24.3 Å². The summed E-state index contributed by atoms with van der Waals surface area (Å²) in [6.45, 7) is 1.86. The van der Waals surface area contributed by atoms with Crippen LogP contribution in [-0.4, -0.2) is 27.1 Å². The number of aromatic nitrogens is 3. The first-order chi connectivity index (χ1) is 15.5. The molecule has 1 atom stereocenters. The van der Waals surface area contributed by atoms with Gasteiger partial charge < -0.3 is 10.1 Å². The number of methoxy groups -OCH3 is 1. The van der Waals surface area contributed by atoms with Gasteiger partial charge in [0, 0.05) is 12.3 Å². The summed E-state index contributed by atoms with van der Waals surface area (Å²) in [4.78, 5) is 43.9. The van der Waals surface area contributed by atoms with Crippen LogP contribution in [0.4, 0.5) is 0 Å². The van der Waals surface area contributed by atoms with E-state index in [0.29, 0.717) is 28.0 Å². The number of ether oxygens (including phenoxy) is 1. The number of amides is 1. The Bertz CT molecular complexity index is 1390. The van der Waals surface area contributed by atoms with Gasteiger partial charge in [0.2, 0.25) is 5.91 Å². The number of fused-ring (bicyclic) bond motifs is 1. The molecule has 0 aliphatic carbocycles. The second-order valence-electron chi connectivity index (χ2n) is 7.23. The van der Waals surface area contributed by atoms with Crippen LogP contribution in [0.25, 0.3) is 16.6 Å². The normalized spacial score (nSPS) is 11.8. The molecular formula is C24H22N4O4. The minimum atomic E-state index is -0.867. The van der Waals surface area contributed by atoms with E-state index in [9.17, 15) is 14.4 Å². The van der Waals surface area contributed by atoms with Gasteiger partial charge in [0.15, 0.2) is 0 Å². The lowest BCUT2D eigenvalue weighted by atomic mass is 10.2. The van der Waals surface area contributed by atoms with E-state index in [2.05, 4.69) is 10.3 Å². The van der Waals surface area contributed by atoms with E-state index in [1.165, 1.54) is 11.7 Å². The fourth-order valence-corrected chi connectivity index (χ4v) is 3.58. The molecule has 8 nitrogen and oxygen atoms in total. The van der Waals surface area contributed by atoms with E-state index in [0.717, 1.165) is 4.57 Å². The zero-order valence-electron chi connectivity index (χ0n) is 17.7. The minimum Gasteiger partial charge on any atom is -0.497 e. The number of carbonyl (C=O) groups is 1. The van der Waals surface area contributed by atoms with Crippen molar-refractivity contribution >= 4 is 16.8 Å². The predicted octanol–water partition coefficient (Wildman–Crippen LogP) is 2.43. The van der Waals surface area contributed by atoms with Crippen LogP contribution in [0.3, 0.4) is 0 Å². The average Bonchev–Trinajstić information content (AvgIpc) is 2.83. The number of rotatable bonds is 6. The number of hydrogen-bond acceptors (Lipinski definition) is 5. The van der Waals surface area contributed by atoms with Crippen LogP contribution < -0.4 is 21.3 Å². The highest BCUT2D eigenvalue weighted by Crippen LogP contribution is 2.17. The molecule has 32 heavy (non-hydrogen) atoms. The first kappa shape index (κ1) is 21.0. The average molecular weight is 430 g/mol. The van der Waals surface area contributed by atoms with Crippen molar-refractivity contribution in [1.29, 1.82) is 0 Å². The first-order valence-electron chi connectivity index (χ1n) is 10.1. The molecule has 0 saturated carbocycles. The summed E-state index contributed by atoms with van der Waals surface area (Å²) in [6, 6.07) is 18.0. The van der Waals surface area contributed by atoms with Crippen LogP contribution in [0, 0.1) is 0 Å². The number of carbonyl (C=O) groups excluding carboxylic acids is 1. The van der Waals surface area contributed by atoms with Gasteiger partial charge in [-0.05, 0) is 43.3 Å². The molecule has 0 saturated heterocycles. The van der Waals surface area contributed by atoms with E-state index >= 15 is 0 Å². The minimum absolute atomic E-state index is 0.228. The van der Waals surface area contributed by atoms with Gasteiger partial charge in [-0.2, -0.15) is 0 Å². The van der Waals surface area contributed by atoms with Crippen LogP contribution in [0.2, 0.25) is 0 Å². The van der Waals surface area contributed by atoms with Crippen molar-refractivity contribution in [2.24, 2.45) is 0 Å². The second kappa shape index (κ2) is 8.89. The van der Waals surface area contributed by atoms with Crippen LogP contribution in [0.5, 0.6) is 5.75 Å². The molecule has 4 aromatic rings. The van der Waals surface area contributed by atoms with Crippen molar-refractivity contribution in [3.8, 4) is 11.4 Å². The zero-order chi connectivity index (χ0) is 22.7. The lowest BCUT2D eigenvalue weighted by Gasteiger charge is -2.19. The molecule has 0 spiro atoms. The molecule has 4 rings (SSSR count). The number of para-hydroxylation sites is 1. The topological polar surface area (TPSA) is 95.2 Å². The third kappa shape index (κ3) is 3.90. The number of hydrogen-bond donors (Lipinski definition) is 1. The maximum atomic E-state index is 13.5. The van der Waals surface area contributed by atoms with Gasteiger partial charge in [-0.3, -0.25) is 19.1 Å². The summed E-state index contributed by atoms with van der Waals surface area (Å²) in [5, 5.41) is 3.15. The molecule has 1 N–H and O–H groups in total. The predicted molar refractivity (Wildman–Crippen MR) is 121 cm³/mol. The van der Waals surface area contributed by atoms with Crippen molar-refractivity contribution in [3.05, 3.63) is 99.5 Å². The first-order valence-corrected chi connectivity index (χ1v) is 10.1. The SMILES string of the molecule is COc1cccc(-n2c(=O)c3ccccc3n(C(C)C(=O)NCc3ccccn3)c2=O)c1. The zero-order valence-corrected chi connectivity index (χ0v) is 17.7. The summed E-state index contributed by atoms with van der Waals surface area (Å²) >= 11 is 0. The maximum absolute atomic E-state index is 13.5. The number of pyridine rings is 1. The molecule has 162 valence electrons. The molecule has 0 aliphatic heterocycles. The summed E-state index contributed by atoms with van der Waals surface area (Å²) in [6.07, 6.45) is 1.65. The van der Waals surface area contributed by atoms with Crippen molar-refractivity contribution in [3.63, 3.8) is 0 Å². The largest absolute Gasteiger partial charge is 0.497 e. The molecule has 1 amide bonds. The van der Waals surface area contributed by atoms with Crippen molar-refractivity contribution in [1.82, 2.24) is 19.4 Å². The van der Waals surface area contributed by atoms with E-state index < -0.39 is 17.3 Å².